The Morgan fingerprint density at radius 3 is 2.70 bits per heavy atom. The Kier molecular flexibility index (Phi) is 4.11. The van der Waals surface area contributed by atoms with E-state index in [4.69, 9.17) is 10.6 Å². The van der Waals surface area contributed by atoms with Gasteiger partial charge in [0.1, 0.15) is 5.60 Å². The van der Waals surface area contributed by atoms with E-state index in [0.29, 0.717) is 6.54 Å². The lowest BCUT2D eigenvalue weighted by Gasteiger charge is -2.19. The van der Waals surface area contributed by atoms with Crippen molar-refractivity contribution >= 4 is 17.0 Å². The van der Waals surface area contributed by atoms with E-state index >= 15 is 0 Å². The molecule has 0 aliphatic carbocycles. The minimum atomic E-state index is -0.512. The van der Waals surface area contributed by atoms with Crippen LogP contribution in [0.3, 0.4) is 0 Å². The quantitative estimate of drug-likeness (QED) is 0.667. The van der Waals surface area contributed by atoms with Gasteiger partial charge in [-0.15, -0.1) is 0 Å². The second-order valence-corrected chi connectivity index (χ2v) is 5.73. The van der Waals surface area contributed by atoms with Crippen molar-refractivity contribution in [1.82, 2.24) is 9.99 Å². The third-order valence-electron chi connectivity index (χ3n) is 2.92. The molecule has 1 heterocycles. The van der Waals surface area contributed by atoms with Crippen molar-refractivity contribution in [3.05, 3.63) is 36.0 Å². The van der Waals surface area contributed by atoms with Crippen LogP contribution in [0, 0.1) is 0 Å². The average molecular weight is 275 g/mol. The van der Waals surface area contributed by atoms with Gasteiger partial charge in [-0.1, -0.05) is 18.2 Å². The fourth-order valence-corrected chi connectivity index (χ4v) is 2.12. The molecule has 1 aromatic carbocycles. The molecule has 108 valence electrons. The molecule has 0 aliphatic rings. The number of aromatic nitrogens is 1. The van der Waals surface area contributed by atoms with Gasteiger partial charge in [0.2, 0.25) is 0 Å². The molecule has 0 atom stereocenters. The fourth-order valence-electron chi connectivity index (χ4n) is 2.12. The van der Waals surface area contributed by atoms with Gasteiger partial charge >= 0.3 is 6.09 Å². The van der Waals surface area contributed by atoms with E-state index in [1.807, 2.05) is 51.2 Å². The Morgan fingerprint density at radius 2 is 2.05 bits per heavy atom. The van der Waals surface area contributed by atoms with Crippen molar-refractivity contribution in [1.29, 1.82) is 0 Å². The van der Waals surface area contributed by atoms with Crippen LogP contribution in [0.25, 0.3) is 10.9 Å². The molecule has 0 aliphatic heterocycles. The lowest BCUT2D eigenvalue weighted by molar-refractivity contribution is 0.0544. The Balaban J connectivity index is 2.40. The number of fused-ring (bicyclic) bond motifs is 1. The summed E-state index contributed by atoms with van der Waals surface area (Å²) in [6.45, 7) is 6.23. The van der Waals surface area contributed by atoms with E-state index in [9.17, 15) is 4.79 Å². The van der Waals surface area contributed by atoms with E-state index in [1.54, 1.807) is 4.57 Å². The fraction of sp³-hybridized carbons (Fsp3) is 0.400. The van der Waals surface area contributed by atoms with Crippen LogP contribution < -0.4 is 11.3 Å². The third-order valence-corrected chi connectivity index (χ3v) is 2.92. The molecule has 5 nitrogen and oxygen atoms in total. The highest BCUT2D eigenvalue weighted by molar-refractivity contribution is 5.92. The van der Waals surface area contributed by atoms with Crippen LogP contribution in [0.5, 0.6) is 0 Å². The Morgan fingerprint density at radius 1 is 1.35 bits per heavy atom. The Bertz CT molecular complexity index is 611. The molecule has 0 saturated heterocycles. The molecule has 0 spiro atoms. The number of carbonyl (C=O) groups excluding carboxylic acids is 1. The van der Waals surface area contributed by atoms with Crippen LogP contribution in [-0.4, -0.2) is 22.8 Å². The second kappa shape index (κ2) is 5.64. The maximum Gasteiger partial charge on any atom is 0.419 e. The molecule has 0 saturated carbocycles. The van der Waals surface area contributed by atoms with Gasteiger partial charge in [0, 0.05) is 18.1 Å². The molecule has 2 rings (SSSR count). The average Bonchev–Trinajstić information content (AvgIpc) is 2.73. The zero-order valence-electron chi connectivity index (χ0n) is 12.1. The number of benzene rings is 1. The van der Waals surface area contributed by atoms with Crippen molar-refractivity contribution in [3.63, 3.8) is 0 Å². The third kappa shape index (κ3) is 3.18. The van der Waals surface area contributed by atoms with Crippen molar-refractivity contribution in [2.45, 2.75) is 32.8 Å². The zero-order chi connectivity index (χ0) is 14.8. The predicted octanol–water partition coefficient (Wildman–Crippen LogP) is 2.43. The molecule has 3 N–H and O–H groups in total. The summed E-state index contributed by atoms with van der Waals surface area (Å²) >= 11 is 0. The summed E-state index contributed by atoms with van der Waals surface area (Å²) in [7, 11) is 0. The minimum absolute atomic E-state index is 0.361. The number of carbonyl (C=O) groups is 1. The largest absolute Gasteiger partial charge is 0.443 e. The summed E-state index contributed by atoms with van der Waals surface area (Å²) < 4.78 is 7.00. The first-order valence-electron chi connectivity index (χ1n) is 6.68. The lowest BCUT2D eigenvalue weighted by Crippen LogP contribution is -2.26. The van der Waals surface area contributed by atoms with Crippen molar-refractivity contribution in [2.75, 3.05) is 6.54 Å². The Hall–Kier alpha value is -1.85. The van der Waals surface area contributed by atoms with Crippen LogP contribution in [0.1, 0.15) is 26.3 Å². The van der Waals surface area contributed by atoms with Crippen molar-refractivity contribution < 1.29 is 9.53 Å². The smallest absolute Gasteiger partial charge is 0.419 e. The molecule has 1 aromatic heterocycles. The van der Waals surface area contributed by atoms with Crippen molar-refractivity contribution in [3.8, 4) is 0 Å². The van der Waals surface area contributed by atoms with Gasteiger partial charge in [-0.05, 0) is 38.8 Å². The first kappa shape index (κ1) is 14.6. The predicted molar refractivity (Wildman–Crippen MR) is 79.5 cm³/mol. The minimum Gasteiger partial charge on any atom is -0.443 e. The number of hydrogen-bond acceptors (Lipinski definition) is 4. The van der Waals surface area contributed by atoms with Crippen molar-refractivity contribution in [2.24, 2.45) is 5.84 Å². The number of ether oxygens (including phenoxy) is 1. The first-order valence-corrected chi connectivity index (χ1v) is 6.68. The first-order chi connectivity index (χ1) is 9.42. The molecule has 0 amide bonds. The van der Waals surface area contributed by atoms with Gasteiger partial charge < -0.3 is 4.74 Å². The maximum absolute atomic E-state index is 12.3. The number of para-hydroxylation sites is 1. The van der Waals surface area contributed by atoms with Crippen LogP contribution in [-0.2, 0) is 11.2 Å². The highest BCUT2D eigenvalue weighted by atomic mass is 16.6. The summed E-state index contributed by atoms with van der Waals surface area (Å²) in [6, 6.07) is 7.79. The molecule has 0 fully saturated rings. The summed E-state index contributed by atoms with van der Waals surface area (Å²) in [5, 5.41) is 1.05. The van der Waals surface area contributed by atoms with Gasteiger partial charge in [0.05, 0.1) is 5.52 Å². The van der Waals surface area contributed by atoms with Crippen LogP contribution >= 0.6 is 0 Å². The molecule has 0 bridgehead atoms. The van der Waals surface area contributed by atoms with E-state index in [-0.39, 0.29) is 6.09 Å². The van der Waals surface area contributed by atoms with Crippen LogP contribution in [0.4, 0.5) is 4.79 Å². The number of nitrogens with one attached hydrogen (secondary N) is 1. The summed E-state index contributed by atoms with van der Waals surface area (Å²) in [6.07, 6.45) is 2.23. The van der Waals surface area contributed by atoms with Gasteiger partial charge in [-0.2, -0.15) is 0 Å². The summed E-state index contributed by atoms with van der Waals surface area (Å²) in [5.41, 5.74) is 4.05. The molecule has 20 heavy (non-hydrogen) atoms. The lowest BCUT2D eigenvalue weighted by atomic mass is 10.1. The molecule has 0 unspecified atom stereocenters. The molecule has 0 radical (unpaired) electrons. The number of hydrazine groups is 1. The van der Waals surface area contributed by atoms with Gasteiger partial charge in [-0.3, -0.25) is 15.8 Å². The van der Waals surface area contributed by atoms with E-state index in [1.165, 1.54) is 0 Å². The second-order valence-electron chi connectivity index (χ2n) is 5.73. The topological polar surface area (TPSA) is 69.3 Å². The summed E-state index contributed by atoms with van der Waals surface area (Å²) in [5.74, 6) is 5.32. The van der Waals surface area contributed by atoms with Gasteiger partial charge in [0.25, 0.3) is 0 Å². The number of nitrogens with two attached hydrogens (primary N) is 1. The Labute approximate surface area is 118 Å². The van der Waals surface area contributed by atoms with Gasteiger partial charge in [0.15, 0.2) is 0 Å². The highest BCUT2D eigenvalue weighted by Gasteiger charge is 2.20. The van der Waals surface area contributed by atoms with Crippen LogP contribution in [0.15, 0.2) is 30.5 Å². The monoisotopic (exact) mass is 275 g/mol. The summed E-state index contributed by atoms with van der Waals surface area (Å²) in [4.78, 5) is 12.3. The standard InChI is InChI=1S/C15H21N3O2/c1-15(2,3)20-14(19)18-10-11(8-9-17-16)12-6-4-5-7-13(12)18/h4-7,10,17H,8-9,16H2,1-3H3. The van der Waals surface area contributed by atoms with E-state index in [0.717, 1.165) is 22.9 Å². The SMILES string of the molecule is CC(C)(C)OC(=O)n1cc(CCNN)c2ccccc21. The number of rotatable bonds is 3. The van der Waals surface area contributed by atoms with E-state index in [2.05, 4.69) is 5.43 Å². The number of hydrogen-bond donors (Lipinski definition) is 2. The molecular weight excluding hydrogens is 254 g/mol. The zero-order valence-corrected chi connectivity index (χ0v) is 12.1. The van der Waals surface area contributed by atoms with Crippen LogP contribution in [0.2, 0.25) is 0 Å². The maximum atomic E-state index is 12.3. The van der Waals surface area contributed by atoms with E-state index < -0.39 is 5.60 Å². The van der Waals surface area contributed by atoms with Gasteiger partial charge in [-0.25, -0.2) is 4.79 Å². The molecule has 2 aromatic rings. The normalized spacial score (nSPS) is 11.8. The molecular formula is C15H21N3O2. The number of nitrogens with zero attached hydrogens (tertiary/aromatic N) is 1. The highest BCUT2D eigenvalue weighted by Crippen LogP contribution is 2.23. The molecule has 5 heteroatoms.